The van der Waals surface area contributed by atoms with E-state index in [9.17, 15) is 9.18 Å². The van der Waals surface area contributed by atoms with Crippen molar-refractivity contribution in [2.24, 2.45) is 4.99 Å². The van der Waals surface area contributed by atoms with Gasteiger partial charge in [-0.25, -0.2) is 9.38 Å². The average molecular weight is 411 g/mol. The zero-order valence-corrected chi connectivity index (χ0v) is 15.3. The molecule has 0 bridgehead atoms. The fourth-order valence-electron chi connectivity index (χ4n) is 2.63. The molecule has 0 saturated heterocycles. The van der Waals surface area contributed by atoms with Crippen molar-refractivity contribution in [1.82, 2.24) is 10.2 Å². The van der Waals surface area contributed by atoms with Gasteiger partial charge >= 0.3 is 0 Å². The van der Waals surface area contributed by atoms with Crippen LogP contribution < -0.4 is 5.32 Å². The van der Waals surface area contributed by atoms with Crippen LogP contribution in [0.25, 0.3) is 0 Å². The van der Waals surface area contributed by atoms with Crippen LogP contribution in [0.1, 0.15) is 27.5 Å². The van der Waals surface area contributed by atoms with Crippen LogP contribution in [-0.4, -0.2) is 31.2 Å². The van der Waals surface area contributed by atoms with E-state index in [1.807, 2.05) is 20.2 Å². The van der Waals surface area contributed by atoms with Gasteiger partial charge in [0.25, 0.3) is 5.91 Å². The standard InChI is InChI=1S/C17H14BrClFN3O/c1-23(2)8-21-14-6-9(18)5-12-15(14)16(22-17(12)24)11-7-10(20)3-4-13(11)19/h3-8,16H,1-2H3,(H,22,24)/b21-8+. The van der Waals surface area contributed by atoms with Gasteiger partial charge in [0, 0.05) is 40.3 Å². The number of fused-ring (bicyclic) bond motifs is 1. The second-order valence-electron chi connectivity index (χ2n) is 5.67. The Balaban J connectivity index is 2.19. The Morgan fingerprint density at radius 2 is 2.08 bits per heavy atom. The van der Waals surface area contributed by atoms with Gasteiger partial charge in [0.05, 0.1) is 18.1 Å². The summed E-state index contributed by atoms with van der Waals surface area (Å²) in [7, 11) is 3.71. The van der Waals surface area contributed by atoms with Crippen LogP contribution >= 0.6 is 27.5 Å². The monoisotopic (exact) mass is 409 g/mol. The maximum atomic E-state index is 13.7. The predicted octanol–water partition coefficient (Wildman–Crippen LogP) is 4.30. The smallest absolute Gasteiger partial charge is 0.252 e. The van der Waals surface area contributed by atoms with Gasteiger partial charge in [-0.3, -0.25) is 4.79 Å². The highest BCUT2D eigenvalue weighted by molar-refractivity contribution is 9.10. The maximum Gasteiger partial charge on any atom is 0.252 e. The molecule has 124 valence electrons. The molecule has 24 heavy (non-hydrogen) atoms. The lowest BCUT2D eigenvalue weighted by atomic mass is 9.96. The second-order valence-corrected chi connectivity index (χ2v) is 6.99. The normalized spacial score (nSPS) is 16.4. The summed E-state index contributed by atoms with van der Waals surface area (Å²) < 4.78 is 14.4. The molecule has 0 spiro atoms. The molecule has 7 heteroatoms. The molecule has 3 rings (SSSR count). The van der Waals surface area contributed by atoms with Crippen LogP contribution in [0.5, 0.6) is 0 Å². The molecule has 1 amide bonds. The largest absolute Gasteiger partial charge is 0.369 e. The lowest BCUT2D eigenvalue weighted by Gasteiger charge is -2.16. The summed E-state index contributed by atoms with van der Waals surface area (Å²) in [5, 5.41) is 3.25. The summed E-state index contributed by atoms with van der Waals surface area (Å²) in [5.41, 5.74) is 2.32. The van der Waals surface area contributed by atoms with Crippen molar-refractivity contribution in [3.8, 4) is 0 Å². The molecule has 0 aliphatic carbocycles. The number of rotatable bonds is 3. The number of hydrogen-bond acceptors (Lipinski definition) is 2. The number of aliphatic imine (C=N–C) groups is 1. The van der Waals surface area contributed by atoms with Crippen molar-refractivity contribution in [3.63, 3.8) is 0 Å². The lowest BCUT2D eigenvalue weighted by molar-refractivity contribution is 0.0960. The number of benzene rings is 2. The van der Waals surface area contributed by atoms with Gasteiger partial charge in [0.1, 0.15) is 5.82 Å². The van der Waals surface area contributed by atoms with Gasteiger partial charge in [-0.15, -0.1) is 0 Å². The fraction of sp³-hybridized carbons (Fsp3) is 0.176. The number of nitrogens with one attached hydrogen (secondary N) is 1. The predicted molar refractivity (Wildman–Crippen MR) is 96.7 cm³/mol. The van der Waals surface area contributed by atoms with E-state index in [0.717, 1.165) is 4.47 Å². The molecule has 2 aromatic carbocycles. The van der Waals surface area contributed by atoms with Gasteiger partial charge in [0.15, 0.2) is 0 Å². The quantitative estimate of drug-likeness (QED) is 0.606. The van der Waals surface area contributed by atoms with Crippen molar-refractivity contribution in [2.75, 3.05) is 14.1 Å². The minimum atomic E-state index is -0.543. The van der Waals surface area contributed by atoms with Crippen LogP contribution in [0.4, 0.5) is 10.1 Å². The van der Waals surface area contributed by atoms with Crippen LogP contribution in [0, 0.1) is 5.82 Å². The van der Waals surface area contributed by atoms with Crippen molar-refractivity contribution < 1.29 is 9.18 Å². The Morgan fingerprint density at radius 3 is 2.79 bits per heavy atom. The van der Waals surface area contributed by atoms with Gasteiger partial charge in [0.2, 0.25) is 0 Å². The zero-order chi connectivity index (χ0) is 17.4. The summed E-state index contributed by atoms with van der Waals surface area (Å²) >= 11 is 9.63. The molecule has 1 unspecified atom stereocenters. The van der Waals surface area contributed by atoms with E-state index >= 15 is 0 Å². The highest BCUT2D eigenvalue weighted by Gasteiger charge is 2.34. The molecular weight excluding hydrogens is 397 g/mol. The molecule has 0 fully saturated rings. The summed E-state index contributed by atoms with van der Waals surface area (Å²) in [5.74, 6) is -0.648. The number of nitrogens with zero attached hydrogens (tertiary/aromatic N) is 2. The Kier molecular flexibility index (Phi) is 4.60. The fourth-order valence-corrected chi connectivity index (χ4v) is 3.30. The summed E-state index contributed by atoms with van der Waals surface area (Å²) in [6.07, 6.45) is 1.65. The first-order chi connectivity index (χ1) is 11.4. The minimum absolute atomic E-state index is 0.238. The summed E-state index contributed by atoms with van der Waals surface area (Å²) in [4.78, 5) is 18.6. The molecule has 1 N–H and O–H groups in total. The van der Waals surface area contributed by atoms with E-state index in [-0.39, 0.29) is 5.91 Å². The first-order valence-corrected chi connectivity index (χ1v) is 8.34. The number of carbonyl (C=O) groups excluding carboxylic acids is 1. The zero-order valence-electron chi connectivity index (χ0n) is 13.0. The molecule has 0 radical (unpaired) electrons. The molecular formula is C17H14BrClFN3O. The molecule has 0 saturated carbocycles. The van der Waals surface area contributed by atoms with Gasteiger partial charge in [-0.2, -0.15) is 0 Å². The molecule has 1 aliphatic heterocycles. The lowest BCUT2D eigenvalue weighted by Crippen LogP contribution is -2.20. The van der Waals surface area contributed by atoms with E-state index in [1.54, 1.807) is 17.3 Å². The third-order valence-electron chi connectivity index (χ3n) is 3.63. The second kappa shape index (κ2) is 6.53. The average Bonchev–Trinajstić information content (AvgIpc) is 2.84. The third kappa shape index (κ3) is 3.16. The van der Waals surface area contributed by atoms with Crippen LogP contribution in [0.3, 0.4) is 0 Å². The van der Waals surface area contributed by atoms with Crippen molar-refractivity contribution in [3.05, 3.63) is 62.3 Å². The van der Waals surface area contributed by atoms with Crippen molar-refractivity contribution in [1.29, 1.82) is 0 Å². The van der Waals surface area contributed by atoms with E-state index in [1.165, 1.54) is 18.2 Å². The number of halogens is 3. The highest BCUT2D eigenvalue weighted by atomic mass is 79.9. The van der Waals surface area contributed by atoms with Crippen LogP contribution in [0.2, 0.25) is 5.02 Å². The Labute approximate surface area is 152 Å². The van der Waals surface area contributed by atoms with Gasteiger partial charge in [-0.05, 0) is 30.3 Å². The maximum absolute atomic E-state index is 13.7. The van der Waals surface area contributed by atoms with Gasteiger partial charge in [-0.1, -0.05) is 27.5 Å². The topological polar surface area (TPSA) is 44.7 Å². The molecule has 1 heterocycles. The minimum Gasteiger partial charge on any atom is -0.369 e. The van der Waals surface area contributed by atoms with Crippen molar-refractivity contribution in [2.45, 2.75) is 6.04 Å². The van der Waals surface area contributed by atoms with E-state index < -0.39 is 11.9 Å². The van der Waals surface area contributed by atoms with E-state index in [0.29, 0.717) is 27.4 Å². The Hall–Kier alpha value is -1.92. The Morgan fingerprint density at radius 1 is 1.33 bits per heavy atom. The summed E-state index contributed by atoms with van der Waals surface area (Å²) in [6, 6.07) is 7.11. The van der Waals surface area contributed by atoms with Crippen LogP contribution in [-0.2, 0) is 0 Å². The molecule has 1 aliphatic rings. The third-order valence-corrected chi connectivity index (χ3v) is 4.43. The van der Waals surface area contributed by atoms with Crippen molar-refractivity contribution >= 4 is 45.5 Å². The SMILES string of the molecule is CN(C)/C=N/c1cc(Br)cc2c1C(c1cc(F)ccc1Cl)NC2=O. The molecule has 0 aromatic heterocycles. The number of carbonyl (C=O) groups is 1. The molecule has 4 nitrogen and oxygen atoms in total. The summed E-state index contributed by atoms with van der Waals surface area (Å²) in [6.45, 7) is 0. The number of amides is 1. The molecule has 2 aromatic rings. The van der Waals surface area contributed by atoms with Gasteiger partial charge < -0.3 is 10.2 Å². The first-order valence-electron chi connectivity index (χ1n) is 7.16. The van der Waals surface area contributed by atoms with Crippen LogP contribution in [0.15, 0.2) is 39.8 Å². The molecule has 1 atom stereocenters. The highest BCUT2D eigenvalue weighted by Crippen LogP contribution is 2.41. The number of hydrogen-bond donors (Lipinski definition) is 1. The van der Waals surface area contributed by atoms with E-state index in [4.69, 9.17) is 11.6 Å². The van der Waals surface area contributed by atoms with E-state index in [2.05, 4.69) is 26.2 Å². The first kappa shape index (κ1) is 16.9. The Bertz CT molecular complexity index is 854.